The van der Waals surface area contributed by atoms with Crippen LogP contribution in [0.4, 0.5) is 0 Å². The Morgan fingerprint density at radius 2 is 2.28 bits per heavy atom. The highest BCUT2D eigenvalue weighted by molar-refractivity contribution is 9.10. The highest BCUT2D eigenvalue weighted by Crippen LogP contribution is 2.25. The first kappa shape index (κ1) is 13.0. The van der Waals surface area contributed by atoms with E-state index in [2.05, 4.69) is 25.9 Å². The van der Waals surface area contributed by atoms with E-state index < -0.39 is 0 Å². The van der Waals surface area contributed by atoms with Crippen molar-refractivity contribution in [1.82, 2.24) is 9.97 Å². The molecule has 0 aliphatic carbocycles. The molecule has 0 bridgehead atoms. The van der Waals surface area contributed by atoms with Crippen molar-refractivity contribution in [3.05, 3.63) is 52.5 Å². The fraction of sp³-hybridized carbons (Fsp3) is 0.231. The summed E-state index contributed by atoms with van der Waals surface area (Å²) in [6.07, 6.45) is 5.13. The first-order valence-electron chi connectivity index (χ1n) is 5.66. The van der Waals surface area contributed by atoms with Gasteiger partial charge in [-0.3, -0.25) is 9.97 Å². The van der Waals surface area contributed by atoms with Crippen molar-refractivity contribution in [2.75, 3.05) is 6.61 Å². The summed E-state index contributed by atoms with van der Waals surface area (Å²) >= 11 is 3.45. The summed E-state index contributed by atoms with van der Waals surface area (Å²) in [5.74, 6) is 0.720. The molecule has 1 unspecified atom stereocenters. The SMILES string of the molecule is CCOc1cncc(C(N)c2ncccc2Br)c1. The minimum atomic E-state index is -0.325. The van der Waals surface area contributed by atoms with Crippen LogP contribution in [0.1, 0.15) is 24.2 Å². The minimum Gasteiger partial charge on any atom is -0.492 e. The van der Waals surface area contributed by atoms with Crippen molar-refractivity contribution >= 4 is 15.9 Å². The van der Waals surface area contributed by atoms with Gasteiger partial charge in [0.1, 0.15) is 5.75 Å². The lowest BCUT2D eigenvalue weighted by Gasteiger charge is -2.13. The van der Waals surface area contributed by atoms with Crippen molar-refractivity contribution < 1.29 is 4.74 Å². The smallest absolute Gasteiger partial charge is 0.137 e. The molecule has 2 N–H and O–H groups in total. The molecule has 5 heteroatoms. The summed E-state index contributed by atoms with van der Waals surface area (Å²) < 4.78 is 6.30. The molecule has 4 nitrogen and oxygen atoms in total. The summed E-state index contributed by atoms with van der Waals surface area (Å²) in [6, 6.07) is 5.34. The average Bonchev–Trinajstić information content (AvgIpc) is 2.39. The molecule has 0 saturated heterocycles. The van der Waals surface area contributed by atoms with Gasteiger partial charge in [0.25, 0.3) is 0 Å². The van der Waals surface area contributed by atoms with Crippen LogP contribution < -0.4 is 10.5 Å². The van der Waals surface area contributed by atoms with Crippen LogP contribution in [-0.4, -0.2) is 16.6 Å². The Bertz CT molecular complexity index is 533. The number of nitrogens with zero attached hydrogens (tertiary/aromatic N) is 2. The first-order valence-corrected chi connectivity index (χ1v) is 6.45. The van der Waals surface area contributed by atoms with Crippen molar-refractivity contribution in [2.45, 2.75) is 13.0 Å². The van der Waals surface area contributed by atoms with E-state index in [-0.39, 0.29) is 6.04 Å². The molecule has 0 radical (unpaired) electrons. The van der Waals surface area contributed by atoms with Crippen molar-refractivity contribution in [2.24, 2.45) is 5.73 Å². The molecule has 0 saturated carbocycles. The largest absolute Gasteiger partial charge is 0.492 e. The number of halogens is 1. The maximum absolute atomic E-state index is 6.19. The van der Waals surface area contributed by atoms with Crippen LogP contribution in [0.2, 0.25) is 0 Å². The highest BCUT2D eigenvalue weighted by atomic mass is 79.9. The van der Waals surface area contributed by atoms with Gasteiger partial charge in [-0.1, -0.05) is 0 Å². The zero-order valence-electron chi connectivity index (χ0n) is 10.0. The summed E-state index contributed by atoms with van der Waals surface area (Å²) in [5.41, 5.74) is 7.85. The predicted octanol–water partition coefficient (Wildman–Crippen LogP) is 2.69. The standard InChI is InChI=1S/C13H14BrN3O/c1-2-18-10-6-9(7-16-8-10)12(15)13-11(14)4-3-5-17-13/h3-8,12H,2,15H2,1H3. The van der Waals surface area contributed by atoms with E-state index in [0.717, 1.165) is 21.5 Å². The Balaban J connectivity index is 2.31. The molecule has 18 heavy (non-hydrogen) atoms. The molecule has 0 amide bonds. The molecular weight excluding hydrogens is 294 g/mol. The van der Waals surface area contributed by atoms with Crippen LogP contribution in [0.5, 0.6) is 5.75 Å². The summed E-state index contributed by atoms with van der Waals surface area (Å²) in [6.45, 7) is 2.54. The molecule has 2 aromatic heterocycles. The predicted molar refractivity (Wildman–Crippen MR) is 73.4 cm³/mol. The van der Waals surface area contributed by atoms with Gasteiger partial charge < -0.3 is 10.5 Å². The molecule has 0 spiro atoms. The maximum atomic E-state index is 6.19. The Hall–Kier alpha value is -1.46. The van der Waals surface area contributed by atoms with Crippen LogP contribution in [0.15, 0.2) is 41.3 Å². The quantitative estimate of drug-likeness (QED) is 0.943. The third-order valence-electron chi connectivity index (χ3n) is 2.49. The van der Waals surface area contributed by atoms with E-state index in [0.29, 0.717) is 6.61 Å². The van der Waals surface area contributed by atoms with E-state index in [1.165, 1.54) is 0 Å². The normalized spacial score (nSPS) is 12.2. The Morgan fingerprint density at radius 3 is 3.00 bits per heavy atom. The monoisotopic (exact) mass is 307 g/mol. The Labute approximate surface area is 114 Å². The third-order valence-corrected chi connectivity index (χ3v) is 3.16. The topological polar surface area (TPSA) is 61.0 Å². The molecule has 2 heterocycles. The fourth-order valence-electron chi connectivity index (χ4n) is 1.64. The molecule has 0 aromatic carbocycles. The van der Waals surface area contributed by atoms with E-state index >= 15 is 0 Å². The zero-order valence-corrected chi connectivity index (χ0v) is 11.6. The maximum Gasteiger partial charge on any atom is 0.137 e. The second kappa shape index (κ2) is 5.93. The van der Waals surface area contributed by atoms with Gasteiger partial charge in [-0.25, -0.2) is 0 Å². The van der Waals surface area contributed by atoms with Gasteiger partial charge >= 0.3 is 0 Å². The van der Waals surface area contributed by atoms with Gasteiger partial charge in [0, 0.05) is 16.9 Å². The summed E-state index contributed by atoms with van der Waals surface area (Å²) in [4.78, 5) is 8.42. The van der Waals surface area contributed by atoms with E-state index in [4.69, 9.17) is 10.5 Å². The number of ether oxygens (including phenoxy) is 1. The van der Waals surface area contributed by atoms with Crippen LogP contribution in [0.3, 0.4) is 0 Å². The van der Waals surface area contributed by atoms with Gasteiger partial charge in [-0.15, -0.1) is 0 Å². The van der Waals surface area contributed by atoms with E-state index in [1.807, 2.05) is 25.1 Å². The lowest BCUT2D eigenvalue weighted by atomic mass is 10.1. The van der Waals surface area contributed by atoms with Crippen molar-refractivity contribution in [1.29, 1.82) is 0 Å². The molecule has 1 atom stereocenters. The van der Waals surface area contributed by atoms with Gasteiger partial charge in [-0.2, -0.15) is 0 Å². The van der Waals surface area contributed by atoms with Gasteiger partial charge in [-0.05, 0) is 46.6 Å². The molecule has 0 aliphatic heterocycles. The van der Waals surface area contributed by atoms with E-state index in [1.54, 1.807) is 18.6 Å². The van der Waals surface area contributed by atoms with Gasteiger partial charge in [0.2, 0.25) is 0 Å². The van der Waals surface area contributed by atoms with Crippen LogP contribution in [0, 0.1) is 0 Å². The second-order valence-corrected chi connectivity index (χ2v) is 4.59. The van der Waals surface area contributed by atoms with Gasteiger partial charge in [0.15, 0.2) is 0 Å². The molecule has 0 fully saturated rings. The van der Waals surface area contributed by atoms with Crippen LogP contribution in [0.25, 0.3) is 0 Å². The number of pyridine rings is 2. The molecule has 94 valence electrons. The van der Waals surface area contributed by atoms with Gasteiger partial charge in [0.05, 0.1) is 24.5 Å². The number of hydrogen-bond acceptors (Lipinski definition) is 4. The summed E-state index contributed by atoms with van der Waals surface area (Å²) in [7, 11) is 0. The number of hydrogen-bond donors (Lipinski definition) is 1. The lowest BCUT2D eigenvalue weighted by molar-refractivity contribution is 0.338. The second-order valence-electron chi connectivity index (χ2n) is 3.74. The van der Waals surface area contributed by atoms with Crippen LogP contribution >= 0.6 is 15.9 Å². The number of nitrogens with two attached hydrogens (primary N) is 1. The average molecular weight is 308 g/mol. The first-order chi connectivity index (χ1) is 8.72. The minimum absolute atomic E-state index is 0.325. The fourth-order valence-corrected chi connectivity index (χ4v) is 2.14. The van der Waals surface area contributed by atoms with Crippen LogP contribution in [-0.2, 0) is 0 Å². The zero-order chi connectivity index (χ0) is 13.0. The summed E-state index contributed by atoms with van der Waals surface area (Å²) in [5, 5.41) is 0. The molecule has 2 rings (SSSR count). The molecular formula is C13H14BrN3O. The van der Waals surface area contributed by atoms with E-state index in [9.17, 15) is 0 Å². The Kier molecular flexibility index (Phi) is 4.28. The van der Waals surface area contributed by atoms with Crippen molar-refractivity contribution in [3.8, 4) is 5.75 Å². The lowest BCUT2D eigenvalue weighted by Crippen LogP contribution is -2.14. The molecule has 2 aromatic rings. The Morgan fingerprint density at radius 1 is 1.44 bits per heavy atom. The molecule has 0 aliphatic rings. The third kappa shape index (κ3) is 2.86. The number of aromatic nitrogens is 2. The van der Waals surface area contributed by atoms with Crippen molar-refractivity contribution in [3.63, 3.8) is 0 Å². The highest BCUT2D eigenvalue weighted by Gasteiger charge is 2.14. The number of rotatable bonds is 4.